The third-order valence-electron chi connectivity index (χ3n) is 5.23. The molecular formula is C21H24N4O4. The Bertz CT molecular complexity index is 966. The average molecular weight is 396 g/mol. The summed E-state index contributed by atoms with van der Waals surface area (Å²) in [6, 6.07) is 9.49. The van der Waals surface area contributed by atoms with E-state index >= 15 is 0 Å². The molecule has 1 aliphatic rings. The maximum atomic E-state index is 13.0. The minimum atomic E-state index is -0.105. The zero-order valence-corrected chi connectivity index (χ0v) is 16.6. The largest absolute Gasteiger partial charge is 0.489 e. The predicted molar refractivity (Wildman–Crippen MR) is 103 cm³/mol. The summed E-state index contributed by atoms with van der Waals surface area (Å²) in [6.07, 6.45) is 2.63. The average Bonchev–Trinajstić information content (AvgIpc) is 3.45. The molecule has 3 heterocycles. The SMILES string of the molecule is Cc1nc(CC[C@H]2CCN(C(=O)c3noc(C)c3COc3ccccc3)C2)no1. The highest BCUT2D eigenvalue weighted by atomic mass is 16.5. The van der Waals surface area contributed by atoms with E-state index in [0.717, 1.165) is 30.8 Å². The molecule has 1 fully saturated rings. The molecule has 0 bridgehead atoms. The van der Waals surface area contributed by atoms with Crippen molar-refractivity contribution in [2.75, 3.05) is 13.1 Å². The van der Waals surface area contributed by atoms with Crippen LogP contribution in [-0.4, -0.2) is 39.2 Å². The number of aromatic nitrogens is 3. The van der Waals surface area contributed by atoms with Crippen molar-refractivity contribution in [2.24, 2.45) is 5.92 Å². The van der Waals surface area contributed by atoms with Crippen molar-refractivity contribution in [1.29, 1.82) is 0 Å². The molecule has 1 aromatic carbocycles. The third kappa shape index (κ3) is 4.47. The monoisotopic (exact) mass is 396 g/mol. The number of carbonyl (C=O) groups is 1. The second-order valence-electron chi connectivity index (χ2n) is 7.34. The van der Waals surface area contributed by atoms with Crippen molar-refractivity contribution in [3.8, 4) is 5.75 Å². The van der Waals surface area contributed by atoms with Gasteiger partial charge in [0.15, 0.2) is 11.5 Å². The minimum Gasteiger partial charge on any atom is -0.489 e. The Morgan fingerprint density at radius 2 is 2.03 bits per heavy atom. The Balaban J connectivity index is 1.36. The highest BCUT2D eigenvalue weighted by molar-refractivity contribution is 5.94. The molecule has 1 amide bonds. The van der Waals surface area contributed by atoms with E-state index in [1.165, 1.54) is 0 Å². The van der Waals surface area contributed by atoms with E-state index in [-0.39, 0.29) is 12.5 Å². The molecule has 0 spiro atoms. The lowest BCUT2D eigenvalue weighted by atomic mass is 10.0. The molecule has 1 aliphatic heterocycles. The van der Waals surface area contributed by atoms with Crippen LogP contribution in [0.5, 0.6) is 5.75 Å². The summed E-state index contributed by atoms with van der Waals surface area (Å²) in [6.45, 7) is 5.23. The molecule has 0 aliphatic carbocycles. The minimum absolute atomic E-state index is 0.105. The number of hydrogen-bond donors (Lipinski definition) is 0. The van der Waals surface area contributed by atoms with Gasteiger partial charge in [-0.05, 0) is 37.8 Å². The van der Waals surface area contributed by atoms with E-state index in [1.807, 2.05) is 35.2 Å². The van der Waals surface area contributed by atoms with Gasteiger partial charge in [-0.1, -0.05) is 28.5 Å². The van der Waals surface area contributed by atoms with Crippen LogP contribution in [0.15, 0.2) is 39.4 Å². The van der Waals surface area contributed by atoms with Gasteiger partial charge in [-0.25, -0.2) is 0 Å². The number of aryl methyl sites for hydroxylation is 3. The van der Waals surface area contributed by atoms with Crippen LogP contribution in [0.2, 0.25) is 0 Å². The van der Waals surface area contributed by atoms with Gasteiger partial charge in [-0.2, -0.15) is 4.98 Å². The summed E-state index contributed by atoms with van der Waals surface area (Å²) in [5.41, 5.74) is 1.04. The predicted octanol–water partition coefficient (Wildman–Crippen LogP) is 3.35. The molecule has 1 atom stereocenters. The number of likely N-dealkylation sites (tertiary alicyclic amines) is 1. The lowest BCUT2D eigenvalue weighted by Crippen LogP contribution is -2.30. The molecule has 2 aromatic heterocycles. The zero-order valence-electron chi connectivity index (χ0n) is 16.6. The van der Waals surface area contributed by atoms with Gasteiger partial charge in [0.2, 0.25) is 5.89 Å². The Kier molecular flexibility index (Phi) is 5.59. The molecule has 0 unspecified atom stereocenters. The van der Waals surface area contributed by atoms with Crippen LogP contribution < -0.4 is 4.74 Å². The molecule has 8 nitrogen and oxygen atoms in total. The van der Waals surface area contributed by atoms with Crippen LogP contribution >= 0.6 is 0 Å². The van der Waals surface area contributed by atoms with Gasteiger partial charge in [0.25, 0.3) is 5.91 Å². The first-order chi connectivity index (χ1) is 14.1. The number of para-hydroxylation sites is 1. The van der Waals surface area contributed by atoms with Gasteiger partial charge in [-0.15, -0.1) is 0 Å². The van der Waals surface area contributed by atoms with E-state index in [1.54, 1.807) is 13.8 Å². The maximum Gasteiger partial charge on any atom is 0.276 e. The first-order valence-corrected chi connectivity index (χ1v) is 9.81. The van der Waals surface area contributed by atoms with Gasteiger partial charge in [0, 0.05) is 26.4 Å². The fourth-order valence-corrected chi connectivity index (χ4v) is 3.58. The fourth-order valence-electron chi connectivity index (χ4n) is 3.58. The molecule has 29 heavy (non-hydrogen) atoms. The summed E-state index contributed by atoms with van der Waals surface area (Å²) in [7, 11) is 0. The first-order valence-electron chi connectivity index (χ1n) is 9.81. The Morgan fingerprint density at radius 1 is 1.21 bits per heavy atom. The normalized spacial score (nSPS) is 16.3. The van der Waals surface area contributed by atoms with Crippen molar-refractivity contribution < 1.29 is 18.6 Å². The van der Waals surface area contributed by atoms with Crippen molar-refractivity contribution in [2.45, 2.75) is 39.7 Å². The summed E-state index contributed by atoms with van der Waals surface area (Å²) in [5.74, 6) is 2.95. The lowest BCUT2D eigenvalue weighted by molar-refractivity contribution is 0.0774. The van der Waals surface area contributed by atoms with Crippen molar-refractivity contribution in [1.82, 2.24) is 20.2 Å². The van der Waals surface area contributed by atoms with E-state index in [0.29, 0.717) is 41.9 Å². The van der Waals surface area contributed by atoms with Gasteiger partial charge >= 0.3 is 0 Å². The second kappa shape index (κ2) is 8.46. The van der Waals surface area contributed by atoms with Crippen molar-refractivity contribution in [3.05, 3.63) is 59.1 Å². The van der Waals surface area contributed by atoms with Crippen LogP contribution in [0.1, 0.15) is 46.4 Å². The van der Waals surface area contributed by atoms with E-state index in [2.05, 4.69) is 15.3 Å². The summed E-state index contributed by atoms with van der Waals surface area (Å²) >= 11 is 0. The van der Waals surface area contributed by atoms with E-state index in [4.69, 9.17) is 13.8 Å². The van der Waals surface area contributed by atoms with Gasteiger partial charge in [0.1, 0.15) is 18.1 Å². The smallest absolute Gasteiger partial charge is 0.276 e. The highest BCUT2D eigenvalue weighted by Gasteiger charge is 2.31. The molecule has 8 heteroatoms. The van der Waals surface area contributed by atoms with Crippen LogP contribution in [0.4, 0.5) is 0 Å². The number of hydrogen-bond acceptors (Lipinski definition) is 7. The first kappa shape index (κ1) is 19.2. The maximum absolute atomic E-state index is 13.0. The quantitative estimate of drug-likeness (QED) is 0.604. The molecule has 0 radical (unpaired) electrons. The number of amides is 1. The van der Waals surface area contributed by atoms with Crippen LogP contribution in [-0.2, 0) is 13.0 Å². The topological polar surface area (TPSA) is 94.5 Å². The molecule has 152 valence electrons. The van der Waals surface area contributed by atoms with Crippen molar-refractivity contribution in [3.63, 3.8) is 0 Å². The summed E-state index contributed by atoms with van der Waals surface area (Å²) in [5, 5.41) is 7.95. The zero-order chi connectivity index (χ0) is 20.2. The van der Waals surface area contributed by atoms with Crippen LogP contribution in [0, 0.1) is 19.8 Å². The number of nitrogens with zero attached hydrogens (tertiary/aromatic N) is 4. The van der Waals surface area contributed by atoms with Gasteiger partial charge < -0.3 is 18.7 Å². The van der Waals surface area contributed by atoms with Crippen molar-refractivity contribution >= 4 is 5.91 Å². The van der Waals surface area contributed by atoms with Gasteiger partial charge in [-0.3, -0.25) is 4.79 Å². The Labute approximate surface area is 168 Å². The standard InChI is InChI=1S/C21H24N4O4/c1-14-18(13-27-17-6-4-3-5-7-17)20(24-28-14)21(26)25-11-10-16(12-25)8-9-19-22-15(2)29-23-19/h3-7,16H,8-13H2,1-2H3/t16-/m0/s1. The molecule has 3 aromatic rings. The lowest BCUT2D eigenvalue weighted by Gasteiger charge is -2.16. The number of rotatable bonds is 7. The molecule has 0 N–H and O–H groups in total. The molecule has 4 rings (SSSR count). The third-order valence-corrected chi connectivity index (χ3v) is 5.23. The molecule has 0 saturated carbocycles. The second-order valence-corrected chi connectivity index (χ2v) is 7.34. The molecule has 1 saturated heterocycles. The Morgan fingerprint density at radius 3 is 2.79 bits per heavy atom. The highest BCUT2D eigenvalue weighted by Crippen LogP contribution is 2.25. The van der Waals surface area contributed by atoms with E-state index < -0.39 is 0 Å². The van der Waals surface area contributed by atoms with Crippen LogP contribution in [0.25, 0.3) is 0 Å². The van der Waals surface area contributed by atoms with Crippen LogP contribution in [0.3, 0.4) is 0 Å². The molecular weight excluding hydrogens is 372 g/mol. The number of benzene rings is 1. The summed E-state index contributed by atoms with van der Waals surface area (Å²) in [4.78, 5) is 19.1. The Hall–Kier alpha value is -3.16. The fraction of sp³-hybridized carbons (Fsp3) is 0.429. The number of ether oxygens (including phenoxy) is 1. The summed E-state index contributed by atoms with van der Waals surface area (Å²) < 4.78 is 16.1. The van der Waals surface area contributed by atoms with E-state index in [9.17, 15) is 4.79 Å². The number of carbonyl (C=O) groups excluding carboxylic acids is 1. The van der Waals surface area contributed by atoms with Gasteiger partial charge in [0.05, 0.1) is 5.56 Å².